The van der Waals surface area contributed by atoms with E-state index in [1.807, 2.05) is 12.1 Å². The van der Waals surface area contributed by atoms with Crippen LogP contribution in [0.5, 0.6) is 17.2 Å². The van der Waals surface area contributed by atoms with Gasteiger partial charge in [0.05, 0.1) is 27.1 Å². The normalized spacial score (nSPS) is 21.6. The Hall–Kier alpha value is -1.60. The topological polar surface area (TPSA) is 84.4 Å². The number of hydrogen-bond donors (Lipinski definition) is 1. The smallest absolute Gasteiger partial charge is 0.203 e. The van der Waals surface area contributed by atoms with Gasteiger partial charge in [-0.2, -0.15) is 0 Å². The Morgan fingerprint density at radius 1 is 1.25 bits per heavy atom. The van der Waals surface area contributed by atoms with Crippen LogP contribution in [0.25, 0.3) is 0 Å². The molecule has 110 valence electrons. The molecule has 1 aromatic carbocycles. The molecule has 0 radical (unpaired) electrons. The Bertz CT molecular complexity index is 483. The molecule has 1 heterocycles. The van der Waals surface area contributed by atoms with Crippen LogP contribution in [0.2, 0.25) is 0 Å². The summed E-state index contributed by atoms with van der Waals surface area (Å²) in [6.45, 7) is 0. The highest BCUT2D eigenvalue weighted by atomic mass is 32.2. The highest BCUT2D eigenvalue weighted by Crippen LogP contribution is 2.41. The number of aliphatic carboxylic acids is 1. The lowest BCUT2D eigenvalue weighted by Gasteiger charge is -2.16. The first-order valence-corrected chi connectivity index (χ1v) is 7.13. The molecular weight excluding hydrogens is 282 g/mol. The van der Waals surface area contributed by atoms with E-state index in [2.05, 4.69) is 0 Å². The summed E-state index contributed by atoms with van der Waals surface area (Å²) in [6, 6.07) is 3.16. The van der Waals surface area contributed by atoms with Gasteiger partial charge in [-0.15, -0.1) is 0 Å². The van der Waals surface area contributed by atoms with Gasteiger partial charge in [0.1, 0.15) is 12.0 Å². The van der Waals surface area contributed by atoms with Crippen molar-refractivity contribution in [1.82, 2.24) is 0 Å². The maximum absolute atomic E-state index is 10.9. The zero-order valence-electron chi connectivity index (χ0n) is 11.5. The highest BCUT2D eigenvalue weighted by Gasteiger charge is 2.32. The number of benzene rings is 1. The van der Waals surface area contributed by atoms with E-state index < -0.39 is 12.0 Å². The molecule has 0 saturated carbocycles. The van der Waals surface area contributed by atoms with Crippen molar-refractivity contribution >= 4 is 17.7 Å². The lowest BCUT2D eigenvalue weighted by atomic mass is 10.1. The monoisotopic (exact) mass is 299 g/mol. The minimum absolute atomic E-state index is 0.0217. The number of ether oxygens (including phenoxy) is 3. The first-order valence-electron chi connectivity index (χ1n) is 6.08. The van der Waals surface area contributed by atoms with Gasteiger partial charge in [0.2, 0.25) is 5.75 Å². The standard InChI is InChI=1S/C13H17NO5S/c1-17-9-4-7(5-10(18-2)11(9)19-3)12-14-8(6-20-12)13(15)16/h4-5,8,12,14H,6H2,1-3H3,(H,15,16)/t8-,12+/m1/s1. The predicted molar refractivity (Wildman–Crippen MR) is 72.0 cm³/mol. The fraction of sp³-hybridized carbons (Fsp3) is 0.462. The van der Waals surface area contributed by atoms with E-state index in [4.69, 9.17) is 14.2 Å². The van der Waals surface area contributed by atoms with Crippen LogP contribution in [0.4, 0.5) is 0 Å². The minimum atomic E-state index is -1.03. The Kier molecular flexibility index (Phi) is 4.61. The third kappa shape index (κ3) is 2.78. The summed E-state index contributed by atoms with van der Waals surface area (Å²) in [6.07, 6.45) is 0. The molecule has 1 saturated heterocycles. The van der Waals surface area contributed by atoms with Crippen LogP contribution in [0.15, 0.2) is 12.1 Å². The van der Waals surface area contributed by atoms with Gasteiger partial charge in [-0.05, 0) is 12.1 Å². The third-order valence-corrected chi connectivity index (χ3v) is 4.52. The first kappa shape index (κ1) is 14.8. The molecule has 1 aromatic rings. The lowest BCUT2D eigenvalue weighted by Crippen LogP contribution is -2.90. The van der Waals surface area contributed by atoms with Crippen molar-refractivity contribution in [2.24, 2.45) is 0 Å². The Balaban J connectivity index is 2.31. The molecule has 7 heteroatoms. The van der Waals surface area contributed by atoms with E-state index >= 15 is 0 Å². The molecule has 1 aliphatic heterocycles. The molecule has 0 amide bonds. The molecule has 0 unspecified atom stereocenters. The van der Waals surface area contributed by atoms with Crippen molar-refractivity contribution in [3.8, 4) is 17.2 Å². The van der Waals surface area contributed by atoms with E-state index in [0.717, 1.165) is 5.56 Å². The van der Waals surface area contributed by atoms with Gasteiger partial charge >= 0.3 is 0 Å². The van der Waals surface area contributed by atoms with Crippen LogP contribution < -0.4 is 24.6 Å². The Labute approximate surface area is 121 Å². The van der Waals surface area contributed by atoms with Crippen LogP contribution in [0.1, 0.15) is 10.9 Å². The largest absolute Gasteiger partial charge is 0.544 e. The number of nitrogens with two attached hydrogens (primary N) is 1. The lowest BCUT2D eigenvalue weighted by molar-refractivity contribution is -0.690. The van der Waals surface area contributed by atoms with Crippen molar-refractivity contribution in [1.29, 1.82) is 0 Å². The van der Waals surface area contributed by atoms with E-state index in [1.54, 1.807) is 38.4 Å². The molecule has 2 rings (SSSR count). The van der Waals surface area contributed by atoms with Crippen molar-refractivity contribution in [3.05, 3.63) is 17.7 Å². The maximum Gasteiger partial charge on any atom is 0.203 e. The van der Waals surface area contributed by atoms with E-state index in [1.165, 1.54) is 0 Å². The average Bonchev–Trinajstić information content (AvgIpc) is 2.95. The minimum Gasteiger partial charge on any atom is -0.544 e. The number of quaternary nitrogens is 1. The van der Waals surface area contributed by atoms with E-state index in [0.29, 0.717) is 23.0 Å². The molecule has 1 fully saturated rings. The number of thioether (sulfide) groups is 1. The van der Waals surface area contributed by atoms with Gasteiger partial charge in [0.25, 0.3) is 0 Å². The van der Waals surface area contributed by atoms with Crippen molar-refractivity contribution in [2.45, 2.75) is 11.4 Å². The zero-order valence-corrected chi connectivity index (χ0v) is 12.4. The second kappa shape index (κ2) is 6.23. The molecule has 0 spiro atoms. The Morgan fingerprint density at radius 2 is 1.85 bits per heavy atom. The number of carbonyl (C=O) groups excluding carboxylic acids is 1. The number of carboxylic acid groups (broad SMARTS) is 1. The van der Waals surface area contributed by atoms with Gasteiger partial charge in [-0.25, -0.2) is 0 Å². The fourth-order valence-corrected chi connectivity index (χ4v) is 3.44. The number of rotatable bonds is 5. The molecular formula is C13H17NO5S. The molecule has 20 heavy (non-hydrogen) atoms. The number of methoxy groups -OCH3 is 3. The van der Waals surface area contributed by atoms with Crippen LogP contribution in [0.3, 0.4) is 0 Å². The van der Waals surface area contributed by atoms with E-state index in [-0.39, 0.29) is 5.37 Å². The first-order chi connectivity index (χ1) is 9.60. The summed E-state index contributed by atoms with van der Waals surface area (Å²) < 4.78 is 15.9. The average molecular weight is 299 g/mol. The van der Waals surface area contributed by atoms with Crippen molar-refractivity contribution in [2.75, 3.05) is 27.1 Å². The van der Waals surface area contributed by atoms with Gasteiger partial charge < -0.3 is 29.4 Å². The molecule has 6 nitrogen and oxygen atoms in total. The fourth-order valence-electron chi connectivity index (χ4n) is 2.15. The van der Waals surface area contributed by atoms with Gasteiger partial charge in [0, 0.05) is 5.56 Å². The highest BCUT2D eigenvalue weighted by molar-refractivity contribution is 7.99. The van der Waals surface area contributed by atoms with Crippen molar-refractivity contribution in [3.63, 3.8) is 0 Å². The molecule has 0 bridgehead atoms. The maximum atomic E-state index is 10.9. The van der Waals surface area contributed by atoms with Gasteiger partial charge in [-0.1, -0.05) is 11.8 Å². The van der Waals surface area contributed by atoms with Crippen LogP contribution in [-0.4, -0.2) is 39.1 Å². The number of carboxylic acids is 1. The van der Waals surface area contributed by atoms with E-state index in [9.17, 15) is 9.90 Å². The number of hydrogen-bond acceptors (Lipinski definition) is 6. The van der Waals surface area contributed by atoms with Crippen LogP contribution in [-0.2, 0) is 4.79 Å². The molecule has 2 N–H and O–H groups in total. The third-order valence-electron chi connectivity index (χ3n) is 3.18. The summed E-state index contributed by atoms with van der Waals surface area (Å²) in [5.41, 5.74) is 0.924. The predicted octanol–water partition coefficient (Wildman–Crippen LogP) is -0.860. The summed E-state index contributed by atoms with van der Waals surface area (Å²) in [5, 5.41) is 12.7. The second-order valence-electron chi connectivity index (χ2n) is 4.33. The van der Waals surface area contributed by atoms with Crippen molar-refractivity contribution < 1.29 is 29.4 Å². The van der Waals surface area contributed by atoms with Gasteiger partial charge in [-0.3, -0.25) is 0 Å². The zero-order chi connectivity index (χ0) is 14.7. The quantitative estimate of drug-likeness (QED) is 0.761. The van der Waals surface area contributed by atoms with Crippen LogP contribution >= 0.6 is 11.8 Å². The van der Waals surface area contributed by atoms with Gasteiger partial charge in [0.15, 0.2) is 16.9 Å². The molecule has 1 aliphatic rings. The summed E-state index contributed by atoms with van der Waals surface area (Å²) in [7, 11) is 4.65. The second-order valence-corrected chi connectivity index (χ2v) is 5.51. The summed E-state index contributed by atoms with van der Waals surface area (Å²) in [4.78, 5) is 10.9. The number of carbonyl (C=O) groups is 1. The molecule has 0 aliphatic carbocycles. The summed E-state index contributed by atoms with van der Waals surface area (Å²) >= 11 is 1.56. The SMILES string of the molecule is COc1cc([C@H]2[NH2+][C@@H](C(=O)[O-])CS2)cc(OC)c1OC. The Morgan fingerprint density at radius 3 is 2.25 bits per heavy atom. The molecule has 0 aromatic heterocycles. The summed E-state index contributed by atoms with van der Waals surface area (Å²) in [5.74, 6) is 1.13. The molecule has 2 atom stereocenters. The van der Waals surface area contributed by atoms with Crippen LogP contribution in [0, 0.1) is 0 Å².